The van der Waals surface area contributed by atoms with Gasteiger partial charge in [-0.2, -0.15) is 4.31 Å². The Balaban J connectivity index is 2.13. The molecule has 31 heavy (non-hydrogen) atoms. The summed E-state index contributed by atoms with van der Waals surface area (Å²) in [6, 6.07) is 12.4. The predicted octanol–water partition coefficient (Wildman–Crippen LogP) is 4.60. The maximum atomic E-state index is 12.8. The van der Waals surface area contributed by atoms with E-state index in [-0.39, 0.29) is 29.3 Å². The van der Waals surface area contributed by atoms with Gasteiger partial charge in [0.15, 0.2) is 0 Å². The Hall–Kier alpha value is -1.93. The highest BCUT2D eigenvalue weighted by Gasteiger charge is 2.23. The molecule has 0 spiro atoms. The molecule has 0 saturated heterocycles. The second-order valence-corrected chi connectivity index (χ2v) is 10.1. The molecule has 2 rings (SSSR count). The molecule has 8 heteroatoms. The highest BCUT2D eigenvalue weighted by Crippen LogP contribution is 2.24. The third-order valence-electron chi connectivity index (χ3n) is 5.20. The zero-order valence-electron chi connectivity index (χ0n) is 18.8. The monoisotopic (exact) mass is 465 g/mol. The minimum absolute atomic E-state index is 0.0153. The SMILES string of the molecule is CCN(CC)S(=O)(=O)c1ccc(C)c(NC(=O)CNC(c2ccc(Cl)cc2)C(C)C)c1. The summed E-state index contributed by atoms with van der Waals surface area (Å²) in [4.78, 5) is 12.8. The van der Waals surface area contributed by atoms with Gasteiger partial charge in [-0.1, -0.05) is 57.5 Å². The Bertz CT molecular complexity index is 988. The standard InChI is InChI=1S/C23H32ClN3O3S/c1-6-27(7-2)31(29,30)20-13-8-17(5)21(14-20)26-22(28)15-25-23(16(3)4)18-9-11-19(24)12-10-18/h8-14,16,23,25H,6-7,15H2,1-5H3,(H,26,28). The summed E-state index contributed by atoms with van der Waals surface area (Å²) < 4.78 is 27.0. The third kappa shape index (κ3) is 6.53. The van der Waals surface area contributed by atoms with Crippen LogP contribution in [0.4, 0.5) is 5.69 Å². The lowest BCUT2D eigenvalue weighted by Crippen LogP contribution is -2.34. The van der Waals surface area contributed by atoms with E-state index >= 15 is 0 Å². The summed E-state index contributed by atoms with van der Waals surface area (Å²) in [6.07, 6.45) is 0. The van der Waals surface area contributed by atoms with Gasteiger partial charge >= 0.3 is 0 Å². The largest absolute Gasteiger partial charge is 0.325 e. The zero-order valence-corrected chi connectivity index (χ0v) is 20.3. The molecule has 0 aliphatic rings. The van der Waals surface area contributed by atoms with Gasteiger partial charge in [0.25, 0.3) is 0 Å². The van der Waals surface area contributed by atoms with Crippen molar-refractivity contribution in [2.45, 2.75) is 45.6 Å². The van der Waals surface area contributed by atoms with Gasteiger partial charge in [-0.3, -0.25) is 4.79 Å². The Morgan fingerprint density at radius 3 is 2.23 bits per heavy atom. The summed E-state index contributed by atoms with van der Waals surface area (Å²) >= 11 is 5.98. The highest BCUT2D eigenvalue weighted by atomic mass is 35.5. The van der Waals surface area contributed by atoms with Gasteiger partial charge in [0, 0.05) is 29.8 Å². The van der Waals surface area contributed by atoms with E-state index in [1.54, 1.807) is 26.0 Å². The molecule has 0 heterocycles. The van der Waals surface area contributed by atoms with E-state index in [1.165, 1.54) is 10.4 Å². The van der Waals surface area contributed by atoms with Crippen LogP contribution in [0.1, 0.15) is 44.9 Å². The number of nitrogens with zero attached hydrogens (tertiary/aromatic N) is 1. The maximum absolute atomic E-state index is 12.8. The lowest BCUT2D eigenvalue weighted by atomic mass is 9.96. The molecule has 0 aliphatic heterocycles. The van der Waals surface area contributed by atoms with Gasteiger partial charge in [-0.15, -0.1) is 0 Å². The first-order chi connectivity index (χ1) is 14.6. The van der Waals surface area contributed by atoms with Gasteiger partial charge in [-0.05, 0) is 48.2 Å². The third-order valence-corrected chi connectivity index (χ3v) is 7.50. The van der Waals surface area contributed by atoms with Crippen LogP contribution >= 0.6 is 11.6 Å². The quantitative estimate of drug-likeness (QED) is 0.537. The number of carbonyl (C=O) groups excluding carboxylic acids is 1. The number of halogens is 1. The fraction of sp³-hybridized carbons (Fsp3) is 0.435. The number of nitrogens with one attached hydrogen (secondary N) is 2. The number of benzene rings is 2. The molecule has 2 N–H and O–H groups in total. The molecule has 170 valence electrons. The molecule has 0 saturated carbocycles. The van der Waals surface area contributed by atoms with Crippen molar-refractivity contribution in [1.29, 1.82) is 0 Å². The van der Waals surface area contributed by atoms with E-state index in [1.807, 2.05) is 31.2 Å². The van der Waals surface area contributed by atoms with E-state index in [9.17, 15) is 13.2 Å². The molecular weight excluding hydrogens is 434 g/mol. The average molecular weight is 466 g/mol. The molecule has 0 aliphatic carbocycles. The van der Waals surface area contributed by atoms with Crippen LogP contribution in [-0.2, 0) is 14.8 Å². The highest BCUT2D eigenvalue weighted by molar-refractivity contribution is 7.89. The van der Waals surface area contributed by atoms with Gasteiger partial charge in [0.1, 0.15) is 0 Å². The van der Waals surface area contributed by atoms with Crippen LogP contribution in [0.15, 0.2) is 47.4 Å². The summed E-state index contributed by atoms with van der Waals surface area (Å²) in [5.41, 5.74) is 2.34. The van der Waals surface area contributed by atoms with E-state index in [0.29, 0.717) is 23.8 Å². The Morgan fingerprint density at radius 2 is 1.68 bits per heavy atom. The van der Waals surface area contributed by atoms with Crippen molar-refractivity contribution in [3.8, 4) is 0 Å². The molecule has 0 fully saturated rings. The topological polar surface area (TPSA) is 78.5 Å². The van der Waals surface area contributed by atoms with Crippen LogP contribution in [-0.4, -0.2) is 38.3 Å². The smallest absolute Gasteiger partial charge is 0.243 e. The fourth-order valence-electron chi connectivity index (χ4n) is 3.41. The Morgan fingerprint density at radius 1 is 1.06 bits per heavy atom. The number of carbonyl (C=O) groups is 1. The lowest BCUT2D eigenvalue weighted by Gasteiger charge is -2.23. The Kier molecular flexibility index (Phi) is 9.06. The molecule has 1 atom stereocenters. The van der Waals surface area contributed by atoms with Crippen LogP contribution in [0.2, 0.25) is 5.02 Å². The van der Waals surface area contributed by atoms with E-state index < -0.39 is 10.0 Å². The average Bonchev–Trinajstić information content (AvgIpc) is 2.71. The van der Waals surface area contributed by atoms with Gasteiger partial charge in [0.2, 0.25) is 15.9 Å². The van der Waals surface area contributed by atoms with Crippen molar-refractivity contribution in [3.63, 3.8) is 0 Å². The zero-order chi connectivity index (χ0) is 23.2. The molecular formula is C23H32ClN3O3S. The molecule has 1 amide bonds. The van der Waals surface area contributed by atoms with E-state index in [4.69, 9.17) is 11.6 Å². The number of amides is 1. The van der Waals surface area contributed by atoms with Crippen LogP contribution in [0.25, 0.3) is 0 Å². The summed E-state index contributed by atoms with van der Waals surface area (Å²) in [6.45, 7) is 10.5. The molecule has 2 aromatic carbocycles. The van der Waals surface area contributed by atoms with Gasteiger partial charge in [-0.25, -0.2) is 8.42 Å². The van der Waals surface area contributed by atoms with E-state index in [0.717, 1.165) is 11.1 Å². The van der Waals surface area contributed by atoms with Crippen LogP contribution in [0, 0.1) is 12.8 Å². The molecule has 0 radical (unpaired) electrons. The minimum atomic E-state index is -3.60. The summed E-state index contributed by atoms with van der Waals surface area (Å²) in [7, 11) is -3.60. The number of rotatable bonds is 10. The first-order valence-electron chi connectivity index (χ1n) is 10.5. The fourth-order valence-corrected chi connectivity index (χ4v) is 5.03. The van der Waals surface area contributed by atoms with Crippen LogP contribution < -0.4 is 10.6 Å². The van der Waals surface area contributed by atoms with Crippen molar-refractivity contribution in [2.75, 3.05) is 25.0 Å². The molecule has 6 nitrogen and oxygen atoms in total. The maximum Gasteiger partial charge on any atom is 0.243 e. The van der Waals surface area contributed by atoms with Crippen LogP contribution in [0.3, 0.4) is 0 Å². The summed E-state index contributed by atoms with van der Waals surface area (Å²) in [5.74, 6) is 0.0263. The second-order valence-electron chi connectivity index (χ2n) is 7.77. The van der Waals surface area contributed by atoms with Crippen molar-refractivity contribution in [1.82, 2.24) is 9.62 Å². The number of aryl methyl sites for hydroxylation is 1. The molecule has 0 aromatic heterocycles. The molecule has 2 aromatic rings. The van der Waals surface area contributed by atoms with Gasteiger partial charge in [0.05, 0.1) is 11.4 Å². The van der Waals surface area contributed by atoms with Crippen molar-refractivity contribution < 1.29 is 13.2 Å². The van der Waals surface area contributed by atoms with Crippen molar-refractivity contribution in [3.05, 3.63) is 58.6 Å². The summed E-state index contributed by atoms with van der Waals surface area (Å²) in [5, 5.41) is 6.81. The predicted molar refractivity (Wildman–Crippen MR) is 127 cm³/mol. The first-order valence-corrected chi connectivity index (χ1v) is 12.3. The Labute approximate surface area is 191 Å². The van der Waals surface area contributed by atoms with Gasteiger partial charge < -0.3 is 10.6 Å². The second kappa shape index (κ2) is 11.1. The number of sulfonamides is 1. The number of anilines is 1. The number of hydrogen-bond donors (Lipinski definition) is 2. The van der Waals surface area contributed by atoms with E-state index in [2.05, 4.69) is 24.5 Å². The molecule has 0 bridgehead atoms. The van der Waals surface area contributed by atoms with Crippen LogP contribution in [0.5, 0.6) is 0 Å². The lowest BCUT2D eigenvalue weighted by molar-refractivity contribution is -0.115. The normalized spacial score (nSPS) is 12.9. The van der Waals surface area contributed by atoms with Crippen molar-refractivity contribution >= 4 is 33.2 Å². The van der Waals surface area contributed by atoms with Crippen molar-refractivity contribution in [2.24, 2.45) is 5.92 Å². The number of hydrogen-bond acceptors (Lipinski definition) is 4. The minimum Gasteiger partial charge on any atom is -0.325 e. The molecule has 1 unspecified atom stereocenters. The first kappa shape index (κ1) is 25.3.